The number of rotatable bonds is 1. The highest BCUT2D eigenvalue weighted by Gasteiger charge is 2.30. The van der Waals surface area contributed by atoms with Crippen molar-refractivity contribution in [2.24, 2.45) is 5.92 Å². The summed E-state index contributed by atoms with van der Waals surface area (Å²) in [5, 5.41) is 8.56. The lowest BCUT2D eigenvalue weighted by atomic mass is 10.0. The van der Waals surface area contributed by atoms with Gasteiger partial charge >= 0.3 is 0 Å². The third-order valence-corrected chi connectivity index (χ3v) is 2.28. The largest absolute Gasteiger partial charge is 0.336 e. The standard InChI is InChI=1S/C10H9N3O/c11-5-8-6-13(7-8)10(14)9-1-3-12-4-2-9/h1-4,8H,6-7H2. The van der Waals surface area contributed by atoms with Crippen molar-refractivity contribution in [3.8, 4) is 6.07 Å². The molecule has 70 valence electrons. The minimum absolute atomic E-state index is 0.0146. The highest BCUT2D eigenvalue weighted by molar-refractivity contribution is 5.94. The molecule has 0 aliphatic carbocycles. The fourth-order valence-corrected chi connectivity index (χ4v) is 1.40. The van der Waals surface area contributed by atoms with Gasteiger partial charge in [-0.05, 0) is 12.1 Å². The number of amides is 1. The molecule has 0 spiro atoms. The molecule has 4 nitrogen and oxygen atoms in total. The van der Waals surface area contributed by atoms with Crippen LogP contribution in [0.25, 0.3) is 0 Å². The van der Waals surface area contributed by atoms with Crippen LogP contribution in [0.4, 0.5) is 0 Å². The predicted octanol–water partition coefficient (Wildman–Crippen LogP) is 0.677. The van der Waals surface area contributed by atoms with Gasteiger partial charge in [0.1, 0.15) is 0 Å². The second kappa shape index (κ2) is 3.46. The van der Waals surface area contributed by atoms with Crippen molar-refractivity contribution in [1.82, 2.24) is 9.88 Å². The number of carbonyl (C=O) groups excluding carboxylic acids is 1. The Labute approximate surface area is 81.8 Å². The van der Waals surface area contributed by atoms with Gasteiger partial charge in [0.25, 0.3) is 5.91 Å². The van der Waals surface area contributed by atoms with E-state index in [9.17, 15) is 4.79 Å². The topological polar surface area (TPSA) is 57.0 Å². The molecule has 1 amide bonds. The zero-order valence-electron chi connectivity index (χ0n) is 7.55. The number of hydrogen-bond acceptors (Lipinski definition) is 3. The summed E-state index contributed by atoms with van der Waals surface area (Å²) < 4.78 is 0. The summed E-state index contributed by atoms with van der Waals surface area (Å²) in [4.78, 5) is 17.2. The van der Waals surface area contributed by atoms with Crippen LogP contribution in [0.1, 0.15) is 10.4 Å². The molecular weight excluding hydrogens is 178 g/mol. The molecule has 4 heteroatoms. The lowest BCUT2D eigenvalue weighted by molar-refractivity contribution is 0.0577. The molecule has 1 aliphatic heterocycles. The summed E-state index contributed by atoms with van der Waals surface area (Å²) in [5.74, 6) is -0.000290. The first-order valence-electron chi connectivity index (χ1n) is 4.40. The smallest absolute Gasteiger partial charge is 0.254 e. The molecule has 1 aromatic heterocycles. The second-order valence-electron chi connectivity index (χ2n) is 3.27. The van der Waals surface area contributed by atoms with E-state index in [1.54, 1.807) is 29.4 Å². The van der Waals surface area contributed by atoms with Crippen LogP contribution in [0.5, 0.6) is 0 Å². The Bertz CT molecular complexity index is 376. The minimum Gasteiger partial charge on any atom is -0.336 e. The first-order valence-corrected chi connectivity index (χ1v) is 4.40. The molecule has 0 bridgehead atoms. The highest BCUT2D eigenvalue weighted by Crippen LogP contribution is 2.17. The fraction of sp³-hybridized carbons (Fsp3) is 0.300. The molecule has 0 radical (unpaired) electrons. The van der Waals surface area contributed by atoms with Crippen molar-refractivity contribution in [3.05, 3.63) is 30.1 Å². The van der Waals surface area contributed by atoms with Gasteiger partial charge < -0.3 is 4.90 Å². The van der Waals surface area contributed by atoms with Crippen LogP contribution >= 0.6 is 0 Å². The van der Waals surface area contributed by atoms with Crippen LogP contribution < -0.4 is 0 Å². The average molecular weight is 187 g/mol. The molecule has 2 rings (SSSR count). The van der Waals surface area contributed by atoms with Crippen molar-refractivity contribution >= 4 is 5.91 Å². The SMILES string of the molecule is N#CC1CN(C(=O)c2ccncc2)C1. The maximum absolute atomic E-state index is 11.7. The number of nitrogens with zero attached hydrogens (tertiary/aromatic N) is 3. The van der Waals surface area contributed by atoms with E-state index < -0.39 is 0 Å². The number of hydrogen-bond donors (Lipinski definition) is 0. The summed E-state index contributed by atoms with van der Waals surface area (Å²) in [5.41, 5.74) is 0.636. The van der Waals surface area contributed by atoms with E-state index in [4.69, 9.17) is 5.26 Å². The van der Waals surface area contributed by atoms with Gasteiger partial charge in [-0.15, -0.1) is 0 Å². The second-order valence-corrected chi connectivity index (χ2v) is 3.27. The number of pyridine rings is 1. The molecule has 2 heterocycles. The molecule has 0 unspecified atom stereocenters. The maximum atomic E-state index is 11.7. The molecule has 0 atom stereocenters. The van der Waals surface area contributed by atoms with E-state index in [0.29, 0.717) is 18.7 Å². The molecule has 1 saturated heterocycles. The fourth-order valence-electron chi connectivity index (χ4n) is 1.40. The molecule has 0 saturated carbocycles. The lowest BCUT2D eigenvalue weighted by Gasteiger charge is -2.35. The van der Waals surface area contributed by atoms with Crippen LogP contribution in [0.15, 0.2) is 24.5 Å². The van der Waals surface area contributed by atoms with Gasteiger partial charge in [0.15, 0.2) is 0 Å². The zero-order valence-corrected chi connectivity index (χ0v) is 7.55. The Balaban J connectivity index is 2.02. The first-order chi connectivity index (χ1) is 6.81. The minimum atomic E-state index is -0.0149. The predicted molar refractivity (Wildman–Crippen MR) is 49.2 cm³/mol. The number of carbonyl (C=O) groups is 1. The zero-order chi connectivity index (χ0) is 9.97. The number of aromatic nitrogens is 1. The van der Waals surface area contributed by atoms with E-state index in [1.807, 2.05) is 0 Å². The van der Waals surface area contributed by atoms with Crippen LogP contribution in [-0.2, 0) is 0 Å². The monoisotopic (exact) mass is 187 g/mol. The van der Waals surface area contributed by atoms with Crippen LogP contribution in [0.3, 0.4) is 0 Å². The van der Waals surface area contributed by atoms with Gasteiger partial charge in [-0.1, -0.05) is 0 Å². The summed E-state index contributed by atoms with van der Waals surface area (Å²) in [6.45, 7) is 1.11. The lowest BCUT2D eigenvalue weighted by Crippen LogP contribution is -2.49. The first kappa shape index (κ1) is 8.70. The van der Waals surface area contributed by atoms with Gasteiger partial charge in [0, 0.05) is 31.0 Å². The Morgan fingerprint density at radius 1 is 1.50 bits per heavy atom. The maximum Gasteiger partial charge on any atom is 0.254 e. The third-order valence-electron chi connectivity index (χ3n) is 2.28. The van der Waals surface area contributed by atoms with Crippen molar-refractivity contribution in [3.63, 3.8) is 0 Å². The van der Waals surface area contributed by atoms with Crippen molar-refractivity contribution < 1.29 is 4.79 Å². The molecule has 14 heavy (non-hydrogen) atoms. The van der Waals surface area contributed by atoms with Crippen LogP contribution in [-0.4, -0.2) is 28.9 Å². The van der Waals surface area contributed by atoms with E-state index in [1.165, 1.54) is 0 Å². The molecular formula is C10H9N3O. The van der Waals surface area contributed by atoms with Crippen molar-refractivity contribution in [2.75, 3.05) is 13.1 Å². The van der Waals surface area contributed by atoms with Crippen LogP contribution in [0, 0.1) is 17.2 Å². The summed E-state index contributed by atoms with van der Waals surface area (Å²) in [7, 11) is 0. The van der Waals surface area contributed by atoms with Gasteiger partial charge in [0.2, 0.25) is 0 Å². The molecule has 0 N–H and O–H groups in total. The van der Waals surface area contributed by atoms with Crippen molar-refractivity contribution in [2.45, 2.75) is 0 Å². The number of nitriles is 1. The van der Waals surface area contributed by atoms with Crippen molar-refractivity contribution in [1.29, 1.82) is 5.26 Å². The van der Waals surface area contributed by atoms with Crippen LogP contribution in [0.2, 0.25) is 0 Å². The molecule has 0 aromatic carbocycles. The average Bonchev–Trinajstić information content (AvgIpc) is 2.17. The summed E-state index contributed by atoms with van der Waals surface area (Å²) in [6, 6.07) is 5.50. The third kappa shape index (κ3) is 1.44. The molecule has 1 aromatic rings. The summed E-state index contributed by atoms with van der Waals surface area (Å²) in [6.07, 6.45) is 3.18. The Hall–Kier alpha value is -1.89. The Morgan fingerprint density at radius 2 is 2.14 bits per heavy atom. The molecule has 1 aliphatic rings. The number of likely N-dealkylation sites (tertiary alicyclic amines) is 1. The van der Waals surface area contributed by atoms with E-state index >= 15 is 0 Å². The molecule has 1 fully saturated rings. The van der Waals surface area contributed by atoms with Gasteiger partial charge in [0.05, 0.1) is 12.0 Å². The van der Waals surface area contributed by atoms with Gasteiger partial charge in [-0.2, -0.15) is 5.26 Å². The van der Waals surface area contributed by atoms with E-state index in [-0.39, 0.29) is 11.8 Å². The highest BCUT2D eigenvalue weighted by atomic mass is 16.2. The normalized spacial score (nSPS) is 15.8. The van der Waals surface area contributed by atoms with E-state index in [0.717, 1.165) is 0 Å². The van der Waals surface area contributed by atoms with E-state index in [2.05, 4.69) is 11.1 Å². The summed E-state index contributed by atoms with van der Waals surface area (Å²) >= 11 is 0. The van der Waals surface area contributed by atoms with Gasteiger partial charge in [-0.3, -0.25) is 9.78 Å². The van der Waals surface area contributed by atoms with Gasteiger partial charge in [-0.25, -0.2) is 0 Å². The Morgan fingerprint density at radius 3 is 2.71 bits per heavy atom. The Kier molecular flexibility index (Phi) is 2.15. The quantitative estimate of drug-likeness (QED) is 0.649.